The van der Waals surface area contributed by atoms with Crippen LogP contribution in [0.25, 0.3) is 11.2 Å². The summed E-state index contributed by atoms with van der Waals surface area (Å²) in [6.07, 6.45) is 3.47. The molecule has 35 heavy (non-hydrogen) atoms. The Labute approximate surface area is 201 Å². The molecule has 2 atom stereocenters. The Morgan fingerprint density at radius 3 is 2.77 bits per heavy atom. The van der Waals surface area contributed by atoms with Crippen LogP contribution in [-0.4, -0.2) is 97.6 Å². The first-order valence-corrected chi connectivity index (χ1v) is 11.6. The molecular weight excluding hydrogens is 457 g/mol. The molecule has 0 aromatic carbocycles. The second kappa shape index (κ2) is 9.36. The van der Waals surface area contributed by atoms with E-state index in [1.807, 2.05) is 9.47 Å². The quantitative estimate of drug-likeness (QED) is 0.364. The van der Waals surface area contributed by atoms with Crippen molar-refractivity contribution >= 4 is 34.7 Å². The minimum Gasteiger partial charge on any atom is -0.387 e. The first-order chi connectivity index (χ1) is 16.8. The third-order valence-electron chi connectivity index (χ3n) is 6.53. The summed E-state index contributed by atoms with van der Waals surface area (Å²) < 4.78 is 21.5. The van der Waals surface area contributed by atoms with Gasteiger partial charge in [-0.25, -0.2) is 14.4 Å². The van der Waals surface area contributed by atoms with Gasteiger partial charge >= 0.3 is 0 Å². The SMILES string of the molecule is C[C@@]1(O)CN(CCNc2nc(N3CCOCC3)ncc2F)CC[C@H]1n1cnc2c(N)nc(N)nc21. The van der Waals surface area contributed by atoms with Crippen molar-refractivity contribution in [2.24, 2.45) is 0 Å². The lowest BCUT2D eigenvalue weighted by Gasteiger charge is -2.43. The number of ether oxygens (including phenoxy) is 1. The van der Waals surface area contributed by atoms with Gasteiger partial charge < -0.3 is 36.1 Å². The van der Waals surface area contributed by atoms with Crippen LogP contribution in [0.4, 0.5) is 27.9 Å². The molecule has 3 aromatic heterocycles. The zero-order chi connectivity index (χ0) is 24.6. The highest BCUT2D eigenvalue weighted by Gasteiger charge is 2.40. The van der Waals surface area contributed by atoms with E-state index in [9.17, 15) is 9.50 Å². The Hall–Kier alpha value is -3.36. The van der Waals surface area contributed by atoms with Gasteiger partial charge in [0.15, 0.2) is 23.1 Å². The van der Waals surface area contributed by atoms with Crippen molar-refractivity contribution in [2.45, 2.75) is 25.0 Å². The third kappa shape index (κ3) is 4.76. The highest BCUT2D eigenvalue weighted by molar-refractivity contribution is 5.82. The number of piperidine rings is 1. The number of rotatable bonds is 6. The Kier molecular flexibility index (Phi) is 6.25. The summed E-state index contributed by atoms with van der Waals surface area (Å²) in [6, 6.07) is -0.263. The minimum absolute atomic E-state index is 0.0636. The smallest absolute Gasteiger partial charge is 0.227 e. The van der Waals surface area contributed by atoms with E-state index >= 15 is 0 Å². The standard InChI is InChI=1S/C21H30FN11O2/c1-21(34)11-31(4-2-14(21)33-12-27-15-16(23)28-19(24)30-18(15)33)5-3-25-17-13(22)10-26-20(29-17)32-6-8-35-9-7-32/h10,12,14,34H,2-9,11H2,1H3,(H,25,26,29)(H4,23,24,28,30)/t14-,21-/m1/s1. The van der Waals surface area contributed by atoms with Crippen LogP contribution in [0, 0.1) is 5.82 Å². The molecule has 2 aliphatic heterocycles. The average molecular weight is 488 g/mol. The van der Waals surface area contributed by atoms with Crippen LogP contribution >= 0.6 is 0 Å². The van der Waals surface area contributed by atoms with Gasteiger partial charge in [0.2, 0.25) is 11.9 Å². The fourth-order valence-electron chi connectivity index (χ4n) is 4.80. The maximum absolute atomic E-state index is 14.3. The zero-order valence-corrected chi connectivity index (χ0v) is 19.6. The van der Waals surface area contributed by atoms with Gasteiger partial charge in [-0.05, 0) is 13.3 Å². The Morgan fingerprint density at radius 2 is 2.00 bits per heavy atom. The van der Waals surface area contributed by atoms with Crippen LogP contribution in [0.15, 0.2) is 12.5 Å². The molecule has 14 heteroatoms. The average Bonchev–Trinajstić information content (AvgIpc) is 3.24. The number of morpholine rings is 1. The lowest BCUT2D eigenvalue weighted by atomic mass is 9.89. The number of fused-ring (bicyclic) bond motifs is 1. The van der Waals surface area contributed by atoms with E-state index in [2.05, 4.69) is 35.1 Å². The van der Waals surface area contributed by atoms with Crippen LogP contribution in [-0.2, 0) is 4.74 Å². The van der Waals surface area contributed by atoms with Crippen LogP contribution in [0.5, 0.6) is 0 Å². The zero-order valence-electron chi connectivity index (χ0n) is 19.6. The summed E-state index contributed by atoms with van der Waals surface area (Å²) in [4.78, 5) is 25.1. The second-order valence-electron chi connectivity index (χ2n) is 9.12. The number of hydrogen-bond donors (Lipinski definition) is 4. The van der Waals surface area contributed by atoms with Gasteiger partial charge in [0, 0.05) is 39.3 Å². The number of imidazole rings is 1. The molecule has 0 amide bonds. The first kappa shape index (κ1) is 23.4. The molecule has 0 radical (unpaired) electrons. The van der Waals surface area contributed by atoms with Crippen LogP contribution < -0.4 is 21.7 Å². The van der Waals surface area contributed by atoms with Gasteiger partial charge in [0.25, 0.3) is 0 Å². The molecule has 0 bridgehead atoms. The molecule has 0 unspecified atom stereocenters. The number of halogens is 1. The van der Waals surface area contributed by atoms with Gasteiger partial charge in [-0.3, -0.25) is 4.90 Å². The molecule has 6 N–H and O–H groups in total. The number of β-amino-alcohol motifs (C(OH)–C–C–N with tert-alkyl or cyclic N) is 1. The van der Waals surface area contributed by atoms with Crippen molar-refractivity contribution < 1.29 is 14.2 Å². The molecule has 2 saturated heterocycles. The lowest BCUT2D eigenvalue weighted by Crippen LogP contribution is -2.53. The minimum atomic E-state index is -1.07. The number of nitrogens with two attached hydrogens (primary N) is 2. The van der Waals surface area contributed by atoms with Gasteiger partial charge in [-0.2, -0.15) is 15.0 Å². The van der Waals surface area contributed by atoms with Crippen molar-refractivity contribution in [3.8, 4) is 0 Å². The summed E-state index contributed by atoms with van der Waals surface area (Å²) >= 11 is 0. The molecule has 2 aliphatic rings. The molecule has 188 valence electrons. The van der Waals surface area contributed by atoms with Crippen molar-refractivity contribution in [1.82, 2.24) is 34.4 Å². The maximum atomic E-state index is 14.3. The number of aliphatic hydroxyl groups is 1. The predicted octanol–water partition coefficient (Wildman–Crippen LogP) is -0.134. The molecule has 5 rings (SSSR count). The summed E-state index contributed by atoms with van der Waals surface area (Å²) in [7, 11) is 0. The Bertz CT molecular complexity index is 1200. The summed E-state index contributed by atoms with van der Waals surface area (Å²) in [5.41, 5.74) is 11.6. The molecular formula is C21H30FN11O2. The highest BCUT2D eigenvalue weighted by atomic mass is 19.1. The molecule has 3 aromatic rings. The van der Waals surface area contributed by atoms with E-state index in [0.29, 0.717) is 69.5 Å². The van der Waals surface area contributed by atoms with Crippen LogP contribution in [0.3, 0.4) is 0 Å². The number of hydrogen-bond acceptors (Lipinski definition) is 12. The predicted molar refractivity (Wildman–Crippen MR) is 128 cm³/mol. The number of aromatic nitrogens is 6. The van der Waals surface area contributed by atoms with Gasteiger partial charge in [-0.15, -0.1) is 0 Å². The third-order valence-corrected chi connectivity index (χ3v) is 6.53. The van der Waals surface area contributed by atoms with E-state index in [-0.39, 0.29) is 23.6 Å². The molecule has 5 heterocycles. The van der Waals surface area contributed by atoms with E-state index < -0.39 is 11.4 Å². The van der Waals surface area contributed by atoms with E-state index in [0.717, 1.165) is 6.54 Å². The topological polar surface area (TPSA) is 169 Å². The van der Waals surface area contributed by atoms with Gasteiger partial charge in [0.1, 0.15) is 5.52 Å². The van der Waals surface area contributed by atoms with Crippen LogP contribution in [0.1, 0.15) is 19.4 Å². The first-order valence-electron chi connectivity index (χ1n) is 11.6. The van der Waals surface area contributed by atoms with Gasteiger partial charge in [-0.1, -0.05) is 0 Å². The van der Waals surface area contributed by atoms with E-state index in [1.165, 1.54) is 6.20 Å². The van der Waals surface area contributed by atoms with Gasteiger partial charge in [0.05, 0.1) is 37.4 Å². The monoisotopic (exact) mass is 487 g/mol. The normalized spacial score (nSPS) is 23.6. The number of anilines is 4. The highest BCUT2D eigenvalue weighted by Crippen LogP contribution is 2.34. The molecule has 0 saturated carbocycles. The molecule has 13 nitrogen and oxygen atoms in total. The summed E-state index contributed by atoms with van der Waals surface area (Å²) in [5.74, 6) is 0.429. The summed E-state index contributed by atoms with van der Waals surface area (Å²) in [6.45, 7) is 6.54. The van der Waals surface area contributed by atoms with Crippen molar-refractivity contribution in [2.75, 3.05) is 74.2 Å². The fourth-order valence-corrected chi connectivity index (χ4v) is 4.80. The van der Waals surface area contributed by atoms with Crippen molar-refractivity contribution in [3.05, 3.63) is 18.3 Å². The van der Waals surface area contributed by atoms with Crippen molar-refractivity contribution in [1.29, 1.82) is 0 Å². The Morgan fingerprint density at radius 1 is 1.20 bits per heavy atom. The lowest BCUT2D eigenvalue weighted by molar-refractivity contribution is -0.0544. The number of nitrogen functional groups attached to an aromatic ring is 2. The van der Waals surface area contributed by atoms with E-state index in [1.54, 1.807) is 13.3 Å². The maximum Gasteiger partial charge on any atom is 0.227 e. The van der Waals surface area contributed by atoms with E-state index in [4.69, 9.17) is 16.2 Å². The largest absolute Gasteiger partial charge is 0.387 e. The number of nitrogens with zero attached hydrogens (tertiary/aromatic N) is 8. The second-order valence-corrected chi connectivity index (χ2v) is 9.12. The van der Waals surface area contributed by atoms with Crippen molar-refractivity contribution in [3.63, 3.8) is 0 Å². The molecule has 0 aliphatic carbocycles. The fraction of sp³-hybridized carbons (Fsp3) is 0.571. The van der Waals surface area contributed by atoms with Crippen LogP contribution in [0.2, 0.25) is 0 Å². The summed E-state index contributed by atoms with van der Waals surface area (Å²) in [5, 5.41) is 14.4. The number of likely N-dealkylation sites (tertiary alicyclic amines) is 1. The Balaban J connectivity index is 1.21. The molecule has 2 fully saturated rings. The molecule has 0 spiro atoms. The number of nitrogens with one attached hydrogen (secondary N) is 1.